The first-order valence-corrected chi connectivity index (χ1v) is 7.85. The zero-order chi connectivity index (χ0) is 17.3. The Labute approximate surface area is 143 Å². The maximum absolute atomic E-state index is 10.0. The minimum atomic E-state index is -0.832. The highest BCUT2D eigenvalue weighted by molar-refractivity contribution is 6.36. The first-order chi connectivity index (χ1) is 11.5. The lowest BCUT2D eigenvalue weighted by Gasteiger charge is -2.09. The van der Waals surface area contributed by atoms with Crippen molar-refractivity contribution in [1.82, 2.24) is 15.0 Å². The van der Waals surface area contributed by atoms with Crippen molar-refractivity contribution in [2.24, 2.45) is 0 Å². The smallest absolute Gasteiger partial charge is 0.324 e. The van der Waals surface area contributed by atoms with Crippen LogP contribution in [-0.2, 0) is 6.42 Å². The summed E-state index contributed by atoms with van der Waals surface area (Å²) in [6.07, 6.45) is -0.129. The number of nitriles is 1. The van der Waals surface area contributed by atoms with E-state index in [2.05, 4.69) is 15.0 Å². The van der Waals surface area contributed by atoms with Crippen LogP contribution in [0.4, 0.5) is 0 Å². The van der Waals surface area contributed by atoms with E-state index in [1.807, 2.05) is 13.0 Å². The van der Waals surface area contributed by atoms with Crippen LogP contribution in [-0.4, -0.2) is 20.1 Å². The molecular formula is C17H15ClN4O2. The van der Waals surface area contributed by atoms with Gasteiger partial charge in [0.05, 0.1) is 33.8 Å². The fourth-order valence-electron chi connectivity index (χ4n) is 2.44. The van der Waals surface area contributed by atoms with Crippen molar-refractivity contribution in [3.8, 4) is 17.8 Å². The summed E-state index contributed by atoms with van der Waals surface area (Å²) in [5.41, 5.74) is 2.20. The molecule has 122 valence electrons. The monoisotopic (exact) mass is 342 g/mol. The van der Waals surface area contributed by atoms with Crippen LogP contribution >= 0.6 is 11.6 Å². The van der Waals surface area contributed by atoms with E-state index < -0.39 is 6.10 Å². The molecule has 1 unspecified atom stereocenters. The largest absolute Gasteiger partial charge is 0.424 e. The van der Waals surface area contributed by atoms with E-state index in [-0.39, 0.29) is 6.01 Å². The number of hydrogen-bond acceptors (Lipinski definition) is 5. The number of nitrogens with zero attached hydrogens (tertiary/aromatic N) is 3. The van der Waals surface area contributed by atoms with Crippen molar-refractivity contribution in [1.29, 1.82) is 5.26 Å². The molecule has 3 aromatic rings. The van der Waals surface area contributed by atoms with Crippen LogP contribution in [0.2, 0.25) is 5.02 Å². The Bertz CT molecular complexity index is 944. The van der Waals surface area contributed by atoms with Gasteiger partial charge in [0.2, 0.25) is 0 Å². The van der Waals surface area contributed by atoms with E-state index in [0.717, 1.165) is 5.69 Å². The molecule has 2 aromatic heterocycles. The van der Waals surface area contributed by atoms with E-state index in [1.165, 1.54) is 0 Å². The summed E-state index contributed by atoms with van der Waals surface area (Å²) in [7, 11) is 0. The van der Waals surface area contributed by atoms with Gasteiger partial charge in [0, 0.05) is 5.69 Å². The van der Waals surface area contributed by atoms with Gasteiger partial charge in [0.1, 0.15) is 11.4 Å². The van der Waals surface area contributed by atoms with Crippen LogP contribution < -0.4 is 4.74 Å². The summed E-state index contributed by atoms with van der Waals surface area (Å²) in [5, 5.41) is 20.1. The lowest BCUT2D eigenvalue weighted by molar-refractivity contribution is 0.195. The zero-order valence-electron chi connectivity index (χ0n) is 13.2. The van der Waals surface area contributed by atoms with Gasteiger partial charge >= 0.3 is 6.01 Å². The summed E-state index contributed by atoms with van der Waals surface area (Å²) >= 11 is 6.36. The van der Waals surface area contributed by atoms with E-state index in [9.17, 15) is 5.11 Å². The highest BCUT2D eigenvalue weighted by Gasteiger charge is 2.20. The number of H-pyrrole nitrogens is 1. The number of aryl methyl sites for hydroxylation is 1. The molecule has 0 saturated heterocycles. The molecule has 1 aromatic carbocycles. The maximum atomic E-state index is 10.0. The van der Waals surface area contributed by atoms with Crippen LogP contribution in [0.1, 0.15) is 36.9 Å². The number of rotatable bonds is 4. The standard InChI is InChI=1S/C17H15ClN4O2/c1-3-12-14(18)13-15(9(2)23)21-17(22-16(13)20-12)24-11-6-4-5-10(7-11)8-19/h4-7,9,23H,3H2,1-2H3,(H,20,21,22). The molecule has 6 nitrogen and oxygen atoms in total. The summed E-state index contributed by atoms with van der Waals surface area (Å²) in [6.45, 7) is 3.58. The average molecular weight is 343 g/mol. The summed E-state index contributed by atoms with van der Waals surface area (Å²) in [4.78, 5) is 11.8. The van der Waals surface area contributed by atoms with Crippen molar-refractivity contribution in [3.63, 3.8) is 0 Å². The van der Waals surface area contributed by atoms with Gasteiger partial charge in [-0.25, -0.2) is 0 Å². The fraction of sp³-hybridized carbons (Fsp3) is 0.235. The second kappa shape index (κ2) is 6.48. The third-order valence-electron chi connectivity index (χ3n) is 3.59. The van der Waals surface area contributed by atoms with Crippen LogP contribution in [0, 0.1) is 11.3 Å². The van der Waals surface area contributed by atoms with Crippen molar-refractivity contribution in [2.45, 2.75) is 26.4 Å². The molecule has 0 aliphatic rings. The number of aliphatic hydroxyl groups is 1. The number of aromatic amines is 1. The summed E-state index contributed by atoms with van der Waals surface area (Å²) < 4.78 is 5.66. The van der Waals surface area contributed by atoms with Gasteiger partial charge in [-0.1, -0.05) is 24.6 Å². The Hall–Kier alpha value is -2.62. The van der Waals surface area contributed by atoms with Gasteiger partial charge in [-0.2, -0.15) is 15.2 Å². The highest BCUT2D eigenvalue weighted by Crippen LogP contribution is 2.33. The number of nitrogens with one attached hydrogen (secondary N) is 1. The van der Waals surface area contributed by atoms with Crippen molar-refractivity contribution < 1.29 is 9.84 Å². The Kier molecular flexibility index (Phi) is 4.38. The Morgan fingerprint density at radius 3 is 2.88 bits per heavy atom. The molecule has 3 rings (SSSR count). The molecule has 2 N–H and O–H groups in total. The number of halogens is 1. The summed E-state index contributed by atoms with van der Waals surface area (Å²) in [6, 6.07) is 8.81. The molecule has 0 aliphatic carbocycles. The molecule has 7 heteroatoms. The minimum absolute atomic E-state index is 0.0778. The second-order valence-electron chi connectivity index (χ2n) is 5.30. The van der Waals surface area contributed by atoms with E-state index in [1.54, 1.807) is 31.2 Å². The molecule has 1 atom stereocenters. The lowest BCUT2D eigenvalue weighted by Crippen LogP contribution is -2.01. The third-order valence-corrected chi connectivity index (χ3v) is 4.01. The first-order valence-electron chi connectivity index (χ1n) is 7.47. The predicted molar refractivity (Wildman–Crippen MR) is 90.1 cm³/mol. The maximum Gasteiger partial charge on any atom is 0.324 e. The number of aromatic nitrogens is 3. The number of ether oxygens (including phenoxy) is 1. The molecule has 0 bridgehead atoms. The number of hydrogen-bond donors (Lipinski definition) is 2. The Balaban J connectivity index is 2.10. The van der Waals surface area contributed by atoms with Gasteiger partial charge in [-0.15, -0.1) is 0 Å². The fourth-order valence-corrected chi connectivity index (χ4v) is 2.81. The molecule has 0 saturated carbocycles. The Morgan fingerprint density at radius 1 is 1.42 bits per heavy atom. The van der Waals surface area contributed by atoms with Gasteiger partial charge < -0.3 is 14.8 Å². The van der Waals surface area contributed by atoms with Gasteiger partial charge in [0.15, 0.2) is 0 Å². The van der Waals surface area contributed by atoms with Gasteiger partial charge in [-0.05, 0) is 31.5 Å². The molecule has 0 spiro atoms. The topological polar surface area (TPSA) is 94.8 Å². The third kappa shape index (κ3) is 2.92. The SMILES string of the molecule is CCc1[nH]c2nc(Oc3cccc(C#N)c3)nc(C(C)O)c2c1Cl. The van der Waals surface area contributed by atoms with E-state index >= 15 is 0 Å². The first kappa shape index (κ1) is 16.2. The molecule has 24 heavy (non-hydrogen) atoms. The van der Waals surface area contributed by atoms with Crippen LogP contribution in [0.15, 0.2) is 24.3 Å². The molecule has 0 aliphatic heterocycles. The zero-order valence-corrected chi connectivity index (χ0v) is 13.9. The van der Waals surface area contributed by atoms with E-state index in [0.29, 0.717) is 39.5 Å². The lowest BCUT2D eigenvalue weighted by atomic mass is 10.2. The van der Waals surface area contributed by atoms with Gasteiger partial charge in [-0.3, -0.25) is 0 Å². The molecule has 0 radical (unpaired) electrons. The quantitative estimate of drug-likeness (QED) is 0.750. The molecule has 2 heterocycles. The van der Waals surface area contributed by atoms with Crippen molar-refractivity contribution >= 4 is 22.6 Å². The second-order valence-corrected chi connectivity index (χ2v) is 5.68. The predicted octanol–water partition coefficient (Wildman–Crippen LogP) is 3.89. The summed E-state index contributed by atoms with van der Waals surface area (Å²) in [5.74, 6) is 0.443. The number of aliphatic hydroxyl groups excluding tert-OH is 1. The van der Waals surface area contributed by atoms with Crippen LogP contribution in [0.25, 0.3) is 11.0 Å². The highest BCUT2D eigenvalue weighted by atomic mass is 35.5. The average Bonchev–Trinajstić information content (AvgIpc) is 2.90. The number of benzene rings is 1. The van der Waals surface area contributed by atoms with Crippen molar-refractivity contribution in [3.05, 3.63) is 46.2 Å². The molecule has 0 amide bonds. The van der Waals surface area contributed by atoms with E-state index in [4.69, 9.17) is 21.6 Å². The molecule has 0 fully saturated rings. The van der Waals surface area contributed by atoms with Crippen LogP contribution in [0.5, 0.6) is 11.8 Å². The van der Waals surface area contributed by atoms with Crippen LogP contribution in [0.3, 0.4) is 0 Å². The number of fused-ring (bicyclic) bond motifs is 1. The molecular weight excluding hydrogens is 328 g/mol. The van der Waals surface area contributed by atoms with Gasteiger partial charge in [0.25, 0.3) is 0 Å². The van der Waals surface area contributed by atoms with Crippen molar-refractivity contribution in [2.75, 3.05) is 0 Å². The Morgan fingerprint density at radius 2 is 2.21 bits per heavy atom. The minimum Gasteiger partial charge on any atom is -0.424 e. The normalized spacial score (nSPS) is 12.1.